The van der Waals surface area contributed by atoms with Gasteiger partial charge in [-0.25, -0.2) is 0 Å². The third-order valence-electron chi connectivity index (χ3n) is 3.27. The maximum atomic E-state index is 8.85. The Kier molecular flexibility index (Phi) is 2.74. The number of nitriles is 1. The SMILES string of the molecule is N#Cc1cccc(Oc2ccc3c(c2)CCC3)c1. The van der Waals surface area contributed by atoms with Crippen molar-refractivity contribution in [1.82, 2.24) is 0 Å². The van der Waals surface area contributed by atoms with Crippen LogP contribution in [0.1, 0.15) is 23.1 Å². The predicted molar refractivity (Wildman–Crippen MR) is 69.7 cm³/mol. The molecule has 0 fully saturated rings. The van der Waals surface area contributed by atoms with Crippen LogP contribution in [0.2, 0.25) is 0 Å². The van der Waals surface area contributed by atoms with Crippen LogP contribution >= 0.6 is 0 Å². The van der Waals surface area contributed by atoms with E-state index in [0.717, 1.165) is 12.2 Å². The fourth-order valence-corrected chi connectivity index (χ4v) is 2.38. The van der Waals surface area contributed by atoms with Crippen molar-refractivity contribution in [1.29, 1.82) is 5.26 Å². The van der Waals surface area contributed by atoms with Crippen LogP contribution in [0.5, 0.6) is 11.5 Å². The first-order valence-corrected chi connectivity index (χ1v) is 6.15. The molecular weight excluding hydrogens is 222 g/mol. The van der Waals surface area contributed by atoms with Crippen molar-refractivity contribution in [2.24, 2.45) is 0 Å². The molecule has 3 rings (SSSR count). The molecule has 2 aromatic rings. The molecule has 88 valence electrons. The largest absolute Gasteiger partial charge is 0.457 e. The van der Waals surface area contributed by atoms with Gasteiger partial charge in [-0.05, 0) is 60.7 Å². The maximum Gasteiger partial charge on any atom is 0.128 e. The van der Waals surface area contributed by atoms with E-state index < -0.39 is 0 Å². The Morgan fingerprint density at radius 1 is 0.944 bits per heavy atom. The van der Waals surface area contributed by atoms with Crippen LogP contribution in [0.3, 0.4) is 0 Å². The smallest absolute Gasteiger partial charge is 0.128 e. The first kappa shape index (κ1) is 10.9. The molecule has 1 aliphatic rings. The van der Waals surface area contributed by atoms with Crippen LogP contribution in [0.15, 0.2) is 42.5 Å². The van der Waals surface area contributed by atoms with Gasteiger partial charge in [0, 0.05) is 0 Å². The lowest BCUT2D eigenvalue weighted by atomic mass is 10.1. The Morgan fingerprint density at radius 3 is 2.67 bits per heavy atom. The maximum absolute atomic E-state index is 8.85. The summed E-state index contributed by atoms with van der Waals surface area (Å²) in [6.45, 7) is 0. The molecule has 0 unspecified atom stereocenters. The Labute approximate surface area is 106 Å². The Bertz CT molecular complexity index is 625. The number of rotatable bonds is 2. The third kappa shape index (κ3) is 2.08. The lowest BCUT2D eigenvalue weighted by molar-refractivity contribution is 0.482. The standard InChI is InChI=1S/C16H13NO/c17-11-12-3-1-6-15(9-12)18-16-8-7-13-4-2-5-14(13)10-16/h1,3,6-10H,2,4-5H2. The minimum atomic E-state index is 0.619. The van der Waals surface area contributed by atoms with Crippen LogP contribution in [-0.2, 0) is 12.8 Å². The van der Waals surface area contributed by atoms with Gasteiger partial charge in [-0.3, -0.25) is 0 Å². The van der Waals surface area contributed by atoms with E-state index in [1.165, 1.54) is 24.0 Å². The van der Waals surface area contributed by atoms with Gasteiger partial charge in [-0.1, -0.05) is 12.1 Å². The van der Waals surface area contributed by atoms with Gasteiger partial charge < -0.3 is 4.74 Å². The van der Waals surface area contributed by atoms with E-state index in [1.807, 2.05) is 18.2 Å². The Morgan fingerprint density at radius 2 is 1.78 bits per heavy atom. The monoisotopic (exact) mass is 235 g/mol. The van der Waals surface area contributed by atoms with Crippen molar-refractivity contribution in [3.63, 3.8) is 0 Å². The van der Waals surface area contributed by atoms with Crippen LogP contribution in [0.25, 0.3) is 0 Å². The van der Waals surface area contributed by atoms with Gasteiger partial charge >= 0.3 is 0 Å². The van der Waals surface area contributed by atoms with Gasteiger partial charge in [-0.15, -0.1) is 0 Å². The van der Waals surface area contributed by atoms with E-state index in [-0.39, 0.29) is 0 Å². The quantitative estimate of drug-likeness (QED) is 0.792. The summed E-state index contributed by atoms with van der Waals surface area (Å²) in [5.41, 5.74) is 3.45. The van der Waals surface area contributed by atoms with Crippen LogP contribution in [-0.4, -0.2) is 0 Å². The highest BCUT2D eigenvalue weighted by atomic mass is 16.5. The number of benzene rings is 2. The van der Waals surface area contributed by atoms with Gasteiger partial charge in [0.2, 0.25) is 0 Å². The third-order valence-corrected chi connectivity index (χ3v) is 3.27. The summed E-state index contributed by atoms with van der Waals surface area (Å²) in [5, 5.41) is 8.85. The number of fused-ring (bicyclic) bond motifs is 1. The molecule has 0 saturated carbocycles. The summed E-state index contributed by atoms with van der Waals surface area (Å²) in [6.07, 6.45) is 3.56. The molecule has 0 aliphatic heterocycles. The average Bonchev–Trinajstić information content (AvgIpc) is 2.86. The Balaban J connectivity index is 1.86. The highest BCUT2D eigenvalue weighted by molar-refractivity contribution is 5.42. The summed E-state index contributed by atoms with van der Waals surface area (Å²) in [6, 6.07) is 15.6. The molecule has 1 aliphatic carbocycles. The van der Waals surface area contributed by atoms with E-state index >= 15 is 0 Å². The number of ether oxygens (including phenoxy) is 1. The zero-order valence-electron chi connectivity index (χ0n) is 10.0. The van der Waals surface area contributed by atoms with Gasteiger partial charge in [0.25, 0.3) is 0 Å². The lowest BCUT2D eigenvalue weighted by Crippen LogP contribution is -1.88. The molecule has 2 aromatic carbocycles. The molecule has 2 heteroatoms. The molecule has 18 heavy (non-hydrogen) atoms. The molecule has 0 spiro atoms. The van der Waals surface area contributed by atoms with E-state index in [9.17, 15) is 0 Å². The van der Waals surface area contributed by atoms with E-state index in [4.69, 9.17) is 10.00 Å². The van der Waals surface area contributed by atoms with Crippen LogP contribution in [0.4, 0.5) is 0 Å². The summed E-state index contributed by atoms with van der Waals surface area (Å²) in [7, 11) is 0. The molecule has 0 bridgehead atoms. The van der Waals surface area contributed by atoms with Crippen molar-refractivity contribution in [3.05, 3.63) is 59.2 Å². The van der Waals surface area contributed by atoms with E-state index in [0.29, 0.717) is 11.3 Å². The number of nitrogens with zero attached hydrogens (tertiary/aromatic N) is 1. The number of aryl methyl sites for hydroxylation is 2. The summed E-state index contributed by atoms with van der Waals surface area (Å²) in [4.78, 5) is 0. The summed E-state index contributed by atoms with van der Waals surface area (Å²) < 4.78 is 5.80. The average molecular weight is 235 g/mol. The first-order chi connectivity index (χ1) is 8.85. The van der Waals surface area contributed by atoms with Crippen LogP contribution < -0.4 is 4.74 Å². The zero-order chi connectivity index (χ0) is 12.4. The van der Waals surface area contributed by atoms with E-state index in [2.05, 4.69) is 18.2 Å². The second-order valence-electron chi connectivity index (χ2n) is 4.53. The molecule has 0 heterocycles. The number of hydrogen-bond acceptors (Lipinski definition) is 2. The highest BCUT2D eigenvalue weighted by Gasteiger charge is 2.11. The van der Waals surface area contributed by atoms with Crippen molar-refractivity contribution in [2.45, 2.75) is 19.3 Å². The van der Waals surface area contributed by atoms with Crippen molar-refractivity contribution in [2.75, 3.05) is 0 Å². The van der Waals surface area contributed by atoms with Gasteiger partial charge in [0.1, 0.15) is 11.5 Å². The van der Waals surface area contributed by atoms with Gasteiger partial charge in [0.05, 0.1) is 11.6 Å². The molecule has 0 atom stereocenters. The van der Waals surface area contributed by atoms with Crippen molar-refractivity contribution < 1.29 is 4.74 Å². The van der Waals surface area contributed by atoms with Crippen molar-refractivity contribution >= 4 is 0 Å². The van der Waals surface area contributed by atoms with Crippen LogP contribution in [0, 0.1) is 11.3 Å². The molecular formula is C16H13NO. The molecule has 0 N–H and O–H groups in total. The van der Waals surface area contributed by atoms with Gasteiger partial charge in [0.15, 0.2) is 0 Å². The minimum Gasteiger partial charge on any atom is -0.457 e. The molecule has 0 aromatic heterocycles. The van der Waals surface area contributed by atoms with Gasteiger partial charge in [-0.2, -0.15) is 5.26 Å². The fraction of sp³-hybridized carbons (Fsp3) is 0.188. The summed E-state index contributed by atoms with van der Waals surface area (Å²) >= 11 is 0. The van der Waals surface area contributed by atoms with Crippen molar-refractivity contribution in [3.8, 4) is 17.6 Å². The second kappa shape index (κ2) is 4.54. The summed E-state index contributed by atoms with van der Waals surface area (Å²) in [5.74, 6) is 1.57. The lowest BCUT2D eigenvalue weighted by Gasteiger charge is -2.07. The molecule has 2 nitrogen and oxygen atoms in total. The molecule has 0 saturated heterocycles. The number of hydrogen-bond donors (Lipinski definition) is 0. The Hall–Kier alpha value is -2.27. The van der Waals surface area contributed by atoms with E-state index in [1.54, 1.807) is 12.1 Å². The fourth-order valence-electron chi connectivity index (χ4n) is 2.38. The first-order valence-electron chi connectivity index (χ1n) is 6.15. The topological polar surface area (TPSA) is 33.0 Å². The molecule has 0 amide bonds. The normalized spacial score (nSPS) is 12.8. The molecule has 0 radical (unpaired) electrons. The second-order valence-corrected chi connectivity index (χ2v) is 4.53. The minimum absolute atomic E-state index is 0.619. The zero-order valence-corrected chi connectivity index (χ0v) is 10.0. The highest BCUT2D eigenvalue weighted by Crippen LogP contribution is 2.29. The predicted octanol–water partition coefficient (Wildman–Crippen LogP) is 3.84.